The van der Waals surface area contributed by atoms with Crippen LogP contribution in [0.3, 0.4) is 0 Å². The summed E-state index contributed by atoms with van der Waals surface area (Å²) < 4.78 is 13.3. The van der Waals surface area contributed by atoms with Gasteiger partial charge in [-0.25, -0.2) is 4.79 Å². The normalized spacial score (nSPS) is 17.7. The molecule has 0 spiro atoms. The molecular weight excluding hydrogens is 584 g/mol. The maximum Gasteiger partial charge on any atom is 0.418 e. The standard InChI is InChI=1S/C35H48N6O5/c1-8-36-32(42)26-20-25(35(2,3)4)21-27(31(26)45-7)37-34(44)46-29-19-23-11-9-12-24(30(23)39(29)6)22-40-15-17-41(18-16-40)33(43)28-13-10-14-38(28)5/h9,11-12,19-21,28H,8,10,13-18,22H2,1-7H3,(H,36,42)(H,37,44)/t28-/m0/s1. The monoisotopic (exact) mass is 632 g/mol. The van der Waals surface area contributed by atoms with E-state index in [1.54, 1.807) is 6.07 Å². The van der Waals surface area contributed by atoms with Gasteiger partial charge in [0, 0.05) is 57.8 Å². The van der Waals surface area contributed by atoms with E-state index in [-0.39, 0.29) is 29.0 Å². The van der Waals surface area contributed by atoms with E-state index in [1.807, 2.05) is 75.5 Å². The second-order valence-electron chi connectivity index (χ2n) is 13.4. The van der Waals surface area contributed by atoms with Gasteiger partial charge in [0.1, 0.15) is 0 Å². The molecule has 46 heavy (non-hydrogen) atoms. The number of aryl methyl sites for hydroxylation is 1. The molecule has 3 amide bonds. The summed E-state index contributed by atoms with van der Waals surface area (Å²) in [6, 6.07) is 11.6. The van der Waals surface area contributed by atoms with E-state index in [0.29, 0.717) is 23.7 Å². The summed E-state index contributed by atoms with van der Waals surface area (Å²) in [6.07, 6.45) is 1.34. The maximum atomic E-state index is 13.3. The van der Waals surface area contributed by atoms with Crippen LogP contribution < -0.4 is 20.1 Å². The number of rotatable bonds is 8. The molecule has 248 valence electrons. The third kappa shape index (κ3) is 7.00. The van der Waals surface area contributed by atoms with E-state index in [9.17, 15) is 14.4 Å². The first-order valence-corrected chi connectivity index (χ1v) is 16.2. The van der Waals surface area contributed by atoms with Gasteiger partial charge in [-0.05, 0) is 62.0 Å². The number of methoxy groups -OCH3 is 1. The van der Waals surface area contributed by atoms with Crippen LogP contribution in [0, 0.1) is 0 Å². The van der Waals surface area contributed by atoms with Crippen molar-refractivity contribution < 1.29 is 23.9 Å². The quantitative estimate of drug-likeness (QED) is 0.374. The molecule has 1 aromatic heterocycles. The average molecular weight is 633 g/mol. The highest BCUT2D eigenvalue weighted by Crippen LogP contribution is 2.36. The Hall–Kier alpha value is -4.09. The SMILES string of the molecule is CCNC(=O)c1cc(C(C)(C)C)cc(NC(=O)Oc2cc3cccc(CN4CCN(C(=O)[C@@H]5CCCN5C)CC4)c3n2C)c1OC. The summed E-state index contributed by atoms with van der Waals surface area (Å²) >= 11 is 0. The average Bonchev–Trinajstić information content (AvgIpc) is 3.59. The maximum absolute atomic E-state index is 13.3. The van der Waals surface area contributed by atoms with E-state index >= 15 is 0 Å². The predicted octanol–water partition coefficient (Wildman–Crippen LogP) is 4.58. The molecular formula is C35H48N6O5. The number of benzene rings is 2. The molecule has 2 aliphatic heterocycles. The van der Waals surface area contributed by atoms with Crippen LogP contribution in [0.1, 0.15) is 62.0 Å². The highest BCUT2D eigenvalue weighted by molar-refractivity contribution is 6.01. The van der Waals surface area contributed by atoms with Crippen LogP contribution in [0.4, 0.5) is 10.5 Å². The first-order chi connectivity index (χ1) is 21.9. The van der Waals surface area contributed by atoms with Crippen molar-refractivity contribution in [3.63, 3.8) is 0 Å². The highest BCUT2D eigenvalue weighted by atomic mass is 16.6. The fourth-order valence-electron chi connectivity index (χ4n) is 6.53. The van der Waals surface area contributed by atoms with Crippen LogP contribution in [-0.2, 0) is 23.8 Å². The van der Waals surface area contributed by atoms with Gasteiger partial charge in [0.25, 0.3) is 5.91 Å². The Bertz CT molecular complexity index is 1600. The van der Waals surface area contributed by atoms with E-state index in [2.05, 4.69) is 26.5 Å². The Morgan fingerprint density at radius 2 is 1.74 bits per heavy atom. The van der Waals surface area contributed by atoms with Gasteiger partial charge < -0.3 is 24.3 Å². The molecule has 0 unspecified atom stereocenters. The Balaban J connectivity index is 1.30. The van der Waals surface area contributed by atoms with Gasteiger partial charge in [-0.15, -0.1) is 0 Å². The molecule has 11 nitrogen and oxygen atoms in total. The minimum absolute atomic E-state index is 0.0189. The van der Waals surface area contributed by atoms with Crippen molar-refractivity contribution >= 4 is 34.5 Å². The molecule has 3 heterocycles. The molecule has 2 aliphatic rings. The number of nitrogens with one attached hydrogen (secondary N) is 2. The van der Waals surface area contributed by atoms with Gasteiger partial charge in [0.2, 0.25) is 11.8 Å². The zero-order valence-corrected chi connectivity index (χ0v) is 28.2. The molecule has 11 heteroatoms. The highest BCUT2D eigenvalue weighted by Gasteiger charge is 2.33. The lowest BCUT2D eigenvalue weighted by Gasteiger charge is -2.37. The third-order valence-electron chi connectivity index (χ3n) is 9.15. The van der Waals surface area contributed by atoms with Crippen LogP contribution in [0.25, 0.3) is 10.9 Å². The first kappa shape index (κ1) is 33.3. The number of piperazine rings is 1. The zero-order chi connectivity index (χ0) is 33.2. The van der Waals surface area contributed by atoms with Crippen LogP contribution in [0.2, 0.25) is 0 Å². The van der Waals surface area contributed by atoms with Crippen molar-refractivity contribution in [2.75, 3.05) is 58.7 Å². The number of carbonyl (C=O) groups excluding carboxylic acids is 3. The lowest BCUT2D eigenvalue weighted by Crippen LogP contribution is -2.52. The Morgan fingerprint density at radius 3 is 2.37 bits per heavy atom. The predicted molar refractivity (Wildman–Crippen MR) is 180 cm³/mol. The second-order valence-corrected chi connectivity index (χ2v) is 13.4. The molecule has 2 fully saturated rings. The summed E-state index contributed by atoms with van der Waals surface area (Å²) in [6.45, 7) is 13.2. The zero-order valence-electron chi connectivity index (χ0n) is 28.2. The van der Waals surface area contributed by atoms with E-state index in [1.165, 1.54) is 7.11 Å². The summed E-state index contributed by atoms with van der Waals surface area (Å²) in [4.78, 5) is 45.8. The summed E-state index contributed by atoms with van der Waals surface area (Å²) in [5.74, 6) is 0.642. The number of fused-ring (bicyclic) bond motifs is 1. The van der Waals surface area contributed by atoms with Crippen molar-refractivity contribution in [3.05, 3.63) is 53.1 Å². The minimum atomic E-state index is -0.688. The molecule has 5 rings (SSSR count). The number of hydrogen-bond acceptors (Lipinski definition) is 7. The number of likely N-dealkylation sites (tertiary alicyclic amines) is 1. The molecule has 0 radical (unpaired) electrons. The number of nitrogens with zero attached hydrogens (tertiary/aromatic N) is 4. The fourth-order valence-corrected chi connectivity index (χ4v) is 6.53. The first-order valence-electron chi connectivity index (χ1n) is 16.2. The van der Waals surface area contributed by atoms with Crippen LogP contribution in [0.5, 0.6) is 11.6 Å². The van der Waals surface area contributed by atoms with Crippen LogP contribution in [-0.4, -0.2) is 96.6 Å². The van der Waals surface area contributed by atoms with E-state index in [4.69, 9.17) is 9.47 Å². The molecule has 2 saturated heterocycles. The molecule has 0 aliphatic carbocycles. The number of amides is 3. The Labute approximate surface area is 271 Å². The van der Waals surface area contributed by atoms with Gasteiger partial charge >= 0.3 is 6.09 Å². The van der Waals surface area contributed by atoms with Gasteiger partial charge in [0.15, 0.2) is 5.75 Å². The van der Waals surface area contributed by atoms with Gasteiger partial charge in [-0.3, -0.25) is 24.7 Å². The smallest absolute Gasteiger partial charge is 0.418 e. The number of ether oxygens (including phenoxy) is 2. The number of likely N-dealkylation sites (N-methyl/N-ethyl adjacent to an activating group) is 1. The Morgan fingerprint density at radius 1 is 1.00 bits per heavy atom. The fraction of sp³-hybridized carbons (Fsp3) is 0.514. The number of para-hydroxylation sites is 1. The van der Waals surface area contributed by atoms with Gasteiger partial charge in [-0.2, -0.15) is 0 Å². The number of anilines is 1. The van der Waals surface area contributed by atoms with Crippen molar-refractivity contribution in [1.29, 1.82) is 0 Å². The van der Waals surface area contributed by atoms with E-state index in [0.717, 1.165) is 74.1 Å². The van der Waals surface area contributed by atoms with Crippen LogP contribution in [0.15, 0.2) is 36.4 Å². The number of aromatic nitrogens is 1. The molecule has 0 bridgehead atoms. The minimum Gasteiger partial charge on any atom is -0.494 e. The number of carbonyl (C=O) groups is 3. The van der Waals surface area contributed by atoms with Crippen molar-refractivity contribution in [1.82, 2.24) is 24.6 Å². The topological polar surface area (TPSA) is 108 Å². The third-order valence-corrected chi connectivity index (χ3v) is 9.15. The molecule has 2 N–H and O–H groups in total. The molecule has 2 aromatic carbocycles. The van der Waals surface area contributed by atoms with Crippen molar-refractivity contribution in [2.45, 2.75) is 58.5 Å². The van der Waals surface area contributed by atoms with E-state index < -0.39 is 6.09 Å². The molecule has 3 aromatic rings. The van der Waals surface area contributed by atoms with Crippen molar-refractivity contribution in [2.24, 2.45) is 7.05 Å². The van der Waals surface area contributed by atoms with Gasteiger partial charge in [0.05, 0.1) is 29.9 Å². The summed E-state index contributed by atoms with van der Waals surface area (Å²) in [7, 11) is 5.40. The number of hydrogen-bond donors (Lipinski definition) is 2. The Kier molecular flexibility index (Phi) is 9.93. The van der Waals surface area contributed by atoms with Crippen LogP contribution >= 0.6 is 0 Å². The summed E-state index contributed by atoms with van der Waals surface area (Å²) in [5.41, 5.74) is 3.40. The summed E-state index contributed by atoms with van der Waals surface area (Å²) in [5, 5.41) is 6.61. The van der Waals surface area contributed by atoms with Crippen molar-refractivity contribution in [3.8, 4) is 11.6 Å². The second kappa shape index (κ2) is 13.7. The lowest BCUT2D eigenvalue weighted by atomic mass is 9.85. The molecule has 0 saturated carbocycles. The van der Waals surface area contributed by atoms with Gasteiger partial charge in [-0.1, -0.05) is 39.0 Å². The molecule has 1 atom stereocenters. The largest absolute Gasteiger partial charge is 0.494 e. The lowest BCUT2D eigenvalue weighted by molar-refractivity contribution is -0.137.